The number of fused-ring (bicyclic) bond motifs is 1. The molecule has 1 aromatic heterocycles. The number of ether oxygens (including phenoxy) is 1. The van der Waals surface area contributed by atoms with Crippen molar-refractivity contribution in [2.75, 3.05) is 6.61 Å². The molecule has 14 heavy (non-hydrogen) atoms. The van der Waals surface area contributed by atoms with Gasteiger partial charge in [0.05, 0.1) is 11.3 Å². The summed E-state index contributed by atoms with van der Waals surface area (Å²) in [5, 5.41) is 12.1. The molecular formula is C10H9BrO2S. The molecule has 1 N–H and O–H groups in total. The maximum Gasteiger partial charge on any atom is 0.138 e. The molecule has 1 aromatic carbocycles. The average molecular weight is 273 g/mol. The van der Waals surface area contributed by atoms with Crippen molar-refractivity contribution in [1.82, 2.24) is 0 Å². The van der Waals surface area contributed by atoms with E-state index in [1.165, 1.54) is 11.3 Å². The van der Waals surface area contributed by atoms with Gasteiger partial charge in [-0.3, -0.25) is 0 Å². The molecule has 0 radical (unpaired) electrons. The smallest absolute Gasteiger partial charge is 0.138 e. The van der Waals surface area contributed by atoms with Gasteiger partial charge in [0.15, 0.2) is 0 Å². The minimum Gasteiger partial charge on any atom is -0.506 e. The van der Waals surface area contributed by atoms with Gasteiger partial charge >= 0.3 is 0 Å². The molecule has 0 aliphatic carbocycles. The summed E-state index contributed by atoms with van der Waals surface area (Å²) in [6.45, 7) is 2.57. The molecule has 0 atom stereocenters. The molecule has 0 fully saturated rings. The second kappa shape index (κ2) is 3.79. The van der Waals surface area contributed by atoms with Crippen molar-refractivity contribution in [2.24, 2.45) is 0 Å². The van der Waals surface area contributed by atoms with Crippen LogP contribution in [0.5, 0.6) is 11.5 Å². The number of aromatic hydroxyl groups is 1. The Morgan fingerprint density at radius 3 is 3.00 bits per heavy atom. The third kappa shape index (κ3) is 1.60. The molecule has 0 aliphatic rings. The first-order chi connectivity index (χ1) is 6.72. The lowest BCUT2D eigenvalue weighted by molar-refractivity contribution is 0.344. The molecule has 0 spiro atoms. The maximum absolute atomic E-state index is 9.56. The van der Waals surface area contributed by atoms with Crippen LogP contribution in [-0.4, -0.2) is 11.7 Å². The Balaban J connectivity index is 2.68. The van der Waals surface area contributed by atoms with E-state index in [0.29, 0.717) is 12.4 Å². The molecule has 2 aromatic rings. The summed E-state index contributed by atoms with van der Waals surface area (Å²) in [5.41, 5.74) is 0. The summed E-state index contributed by atoms with van der Waals surface area (Å²) < 4.78 is 7.39. The summed E-state index contributed by atoms with van der Waals surface area (Å²) in [6.07, 6.45) is 0. The van der Waals surface area contributed by atoms with Crippen molar-refractivity contribution in [2.45, 2.75) is 6.92 Å². The van der Waals surface area contributed by atoms with Gasteiger partial charge in [0.25, 0.3) is 0 Å². The lowest BCUT2D eigenvalue weighted by atomic mass is 10.2. The zero-order chi connectivity index (χ0) is 10.1. The van der Waals surface area contributed by atoms with Crippen LogP contribution in [0, 0.1) is 0 Å². The standard InChI is InChI=1S/C10H9BrO2S/c1-2-13-9-4-6(11)3-7-8(12)5-14-10(7)9/h3-5,12H,2H2,1H3. The van der Waals surface area contributed by atoms with Crippen molar-refractivity contribution in [3.63, 3.8) is 0 Å². The number of benzene rings is 1. The molecule has 2 nitrogen and oxygen atoms in total. The molecule has 74 valence electrons. The second-order valence-electron chi connectivity index (χ2n) is 2.83. The van der Waals surface area contributed by atoms with Crippen LogP contribution in [0.15, 0.2) is 22.0 Å². The Kier molecular flexibility index (Phi) is 2.65. The van der Waals surface area contributed by atoms with E-state index in [2.05, 4.69) is 15.9 Å². The van der Waals surface area contributed by atoms with E-state index in [1.807, 2.05) is 19.1 Å². The zero-order valence-corrected chi connectivity index (χ0v) is 9.98. The van der Waals surface area contributed by atoms with Crippen LogP contribution in [0.3, 0.4) is 0 Å². The van der Waals surface area contributed by atoms with Crippen LogP contribution >= 0.6 is 27.3 Å². The van der Waals surface area contributed by atoms with Gasteiger partial charge in [-0.2, -0.15) is 0 Å². The van der Waals surface area contributed by atoms with Gasteiger partial charge in [-0.15, -0.1) is 11.3 Å². The molecule has 4 heteroatoms. The summed E-state index contributed by atoms with van der Waals surface area (Å²) in [5.74, 6) is 1.13. The molecule has 0 saturated carbocycles. The fourth-order valence-electron chi connectivity index (χ4n) is 1.32. The lowest BCUT2D eigenvalue weighted by Gasteiger charge is -2.04. The van der Waals surface area contributed by atoms with Crippen molar-refractivity contribution in [3.8, 4) is 11.5 Å². The van der Waals surface area contributed by atoms with Crippen molar-refractivity contribution in [3.05, 3.63) is 22.0 Å². The zero-order valence-electron chi connectivity index (χ0n) is 7.58. The Labute approximate surface area is 94.3 Å². The highest BCUT2D eigenvalue weighted by atomic mass is 79.9. The highest BCUT2D eigenvalue weighted by molar-refractivity contribution is 9.10. The van der Waals surface area contributed by atoms with Crippen LogP contribution in [-0.2, 0) is 0 Å². The van der Waals surface area contributed by atoms with E-state index in [-0.39, 0.29) is 0 Å². The molecule has 0 bridgehead atoms. The molecule has 1 heterocycles. The summed E-state index contributed by atoms with van der Waals surface area (Å²) >= 11 is 4.88. The fourth-order valence-corrected chi connectivity index (χ4v) is 2.64. The topological polar surface area (TPSA) is 29.5 Å². The third-order valence-corrected chi connectivity index (χ3v) is 3.34. The van der Waals surface area contributed by atoms with Gasteiger partial charge in [0.1, 0.15) is 11.5 Å². The number of hydrogen-bond acceptors (Lipinski definition) is 3. The Hall–Kier alpha value is -0.740. The second-order valence-corrected chi connectivity index (χ2v) is 4.63. The van der Waals surface area contributed by atoms with Gasteiger partial charge in [-0.1, -0.05) is 15.9 Å². The first-order valence-electron chi connectivity index (χ1n) is 4.25. The highest BCUT2D eigenvalue weighted by Crippen LogP contribution is 2.39. The van der Waals surface area contributed by atoms with Gasteiger partial charge in [-0.05, 0) is 19.1 Å². The minimum atomic E-state index is 0.312. The normalized spacial score (nSPS) is 10.7. The fraction of sp³-hybridized carbons (Fsp3) is 0.200. The quantitative estimate of drug-likeness (QED) is 0.902. The summed E-state index contributed by atoms with van der Waals surface area (Å²) in [7, 11) is 0. The number of hydrogen-bond donors (Lipinski definition) is 1. The predicted octanol–water partition coefficient (Wildman–Crippen LogP) is 3.77. The Morgan fingerprint density at radius 2 is 2.29 bits per heavy atom. The summed E-state index contributed by atoms with van der Waals surface area (Å²) in [4.78, 5) is 0. The van der Waals surface area contributed by atoms with Gasteiger partial charge in [-0.25, -0.2) is 0 Å². The minimum absolute atomic E-state index is 0.312. The van der Waals surface area contributed by atoms with Crippen LogP contribution in [0.25, 0.3) is 10.1 Å². The van der Waals surface area contributed by atoms with E-state index >= 15 is 0 Å². The SMILES string of the molecule is CCOc1cc(Br)cc2c(O)csc12. The molecule has 0 aliphatic heterocycles. The number of halogens is 1. The Morgan fingerprint density at radius 1 is 1.50 bits per heavy atom. The van der Waals surface area contributed by atoms with Crippen LogP contribution in [0.2, 0.25) is 0 Å². The largest absolute Gasteiger partial charge is 0.506 e. The van der Waals surface area contributed by atoms with E-state index in [1.54, 1.807) is 5.38 Å². The van der Waals surface area contributed by atoms with Crippen LogP contribution in [0.1, 0.15) is 6.92 Å². The molecule has 0 unspecified atom stereocenters. The first kappa shape index (κ1) is 9.80. The van der Waals surface area contributed by atoms with Crippen molar-refractivity contribution >= 4 is 37.4 Å². The van der Waals surface area contributed by atoms with Crippen LogP contribution < -0.4 is 4.74 Å². The first-order valence-corrected chi connectivity index (χ1v) is 5.92. The van der Waals surface area contributed by atoms with E-state index in [0.717, 1.165) is 20.3 Å². The van der Waals surface area contributed by atoms with Crippen LogP contribution in [0.4, 0.5) is 0 Å². The maximum atomic E-state index is 9.56. The van der Waals surface area contributed by atoms with Gasteiger partial charge < -0.3 is 9.84 Å². The molecule has 2 rings (SSSR count). The third-order valence-electron chi connectivity index (χ3n) is 1.88. The highest BCUT2D eigenvalue weighted by Gasteiger charge is 2.09. The lowest BCUT2D eigenvalue weighted by Crippen LogP contribution is -1.90. The number of rotatable bonds is 2. The Bertz CT molecular complexity index is 464. The van der Waals surface area contributed by atoms with Crippen molar-refractivity contribution < 1.29 is 9.84 Å². The average Bonchev–Trinajstić information content (AvgIpc) is 2.49. The van der Waals surface area contributed by atoms with Gasteiger partial charge in [0.2, 0.25) is 0 Å². The van der Waals surface area contributed by atoms with E-state index in [9.17, 15) is 5.11 Å². The molecule has 0 saturated heterocycles. The predicted molar refractivity (Wildman–Crippen MR) is 62.4 cm³/mol. The monoisotopic (exact) mass is 272 g/mol. The van der Waals surface area contributed by atoms with Crippen molar-refractivity contribution in [1.29, 1.82) is 0 Å². The summed E-state index contributed by atoms with van der Waals surface area (Å²) in [6, 6.07) is 3.81. The molecular weight excluding hydrogens is 264 g/mol. The number of thiophene rings is 1. The van der Waals surface area contributed by atoms with Gasteiger partial charge in [0, 0.05) is 15.2 Å². The van der Waals surface area contributed by atoms with E-state index in [4.69, 9.17) is 4.74 Å². The molecule has 0 amide bonds. The van der Waals surface area contributed by atoms with E-state index < -0.39 is 0 Å².